The van der Waals surface area contributed by atoms with Crippen LogP contribution in [0.15, 0.2) is 12.1 Å². The van der Waals surface area contributed by atoms with E-state index in [4.69, 9.17) is 10.5 Å². The van der Waals surface area contributed by atoms with Gasteiger partial charge in [0.05, 0.1) is 12.8 Å². The van der Waals surface area contributed by atoms with E-state index in [1.807, 2.05) is 6.07 Å². The monoisotopic (exact) mass is 191 g/mol. The van der Waals surface area contributed by atoms with E-state index in [1.165, 1.54) is 30.4 Å². The van der Waals surface area contributed by atoms with E-state index in [-0.39, 0.29) is 0 Å². The zero-order valence-corrected chi connectivity index (χ0v) is 8.84. The predicted octanol–water partition coefficient (Wildman–Crippen LogP) is 2.85. The van der Waals surface area contributed by atoms with Gasteiger partial charge in [-0.1, -0.05) is 6.42 Å². The molecule has 0 bridgehead atoms. The van der Waals surface area contributed by atoms with Crippen LogP contribution >= 0.6 is 0 Å². The van der Waals surface area contributed by atoms with Crippen molar-refractivity contribution < 1.29 is 4.74 Å². The lowest BCUT2D eigenvalue weighted by atomic mass is 9.78. The van der Waals surface area contributed by atoms with Crippen LogP contribution < -0.4 is 10.5 Å². The van der Waals surface area contributed by atoms with Crippen molar-refractivity contribution in [1.29, 1.82) is 0 Å². The quantitative estimate of drug-likeness (QED) is 0.729. The van der Waals surface area contributed by atoms with Gasteiger partial charge in [-0.15, -0.1) is 0 Å². The standard InChI is InChI=1S/C12H17NO/c1-8-6-11(13)12(14-2)7-10(8)9-4-3-5-9/h6-7,9H,3-5,13H2,1-2H3. The minimum absolute atomic E-state index is 0.740. The number of anilines is 1. The normalized spacial score (nSPS) is 16.4. The van der Waals surface area contributed by atoms with E-state index in [2.05, 4.69) is 13.0 Å². The lowest BCUT2D eigenvalue weighted by molar-refractivity contribution is 0.403. The highest BCUT2D eigenvalue weighted by molar-refractivity contribution is 5.57. The summed E-state index contributed by atoms with van der Waals surface area (Å²) in [5.41, 5.74) is 9.30. The molecule has 0 unspecified atom stereocenters. The Morgan fingerprint density at radius 3 is 2.57 bits per heavy atom. The Hall–Kier alpha value is -1.18. The summed E-state index contributed by atoms with van der Waals surface area (Å²) in [6.07, 6.45) is 3.98. The molecule has 2 heteroatoms. The van der Waals surface area contributed by atoms with Gasteiger partial charge < -0.3 is 10.5 Å². The number of hydrogen-bond acceptors (Lipinski definition) is 2. The van der Waals surface area contributed by atoms with Gasteiger partial charge >= 0.3 is 0 Å². The number of methoxy groups -OCH3 is 1. The highest BCUT2D eigenvalue weighted by Crippen LogP contribution is 2.40. The predicted molar refractivity (Wildman–Crippen MR) is 58.7 cm³/mol. The van der Waals surface area contributed by atoms with Crippen LogP contribution in [0, 0.1) is 6.92 Å². The van der Waals surface area contributed by atoms with Crippen LogP contribution in [0.4, 0.5) is 5.69 Å². The van der Waals surface area contributed by atoms with E-state index in [0.29, 0.717) is 0 Å². The number of ether oxygens (including phenoxy) is 1. The zero-order chi connectivity index (χ0) is 10.1. The molecule has 0 heterocycles. The molecule has 0 atom stereocenters. The van der Waals surface area contributed by atoms with Crippen molar-refractivity contribution in [1.82, 2.24) is 0 Å². The van der Waals surface area contributed by atoms with Crippen LogP contribution in [0.1, 0.15) is 36.3 Å². The van der Waals surface area contributed by atoms with Crippen molar-refractivity contribution in [2.45, 2.75) is 32.1 Å². The van der Waals surface area contributed by atoms with Gasteiger partial charge in [0.1, 0.15) is 5.75 Å². The first-order valence-corrected chi connectivity index (χ1v) is 5.16. The first-order chi connectivity index (χ1) is 6.72. The fraction of sp³-hybridized carbons (Fsp3) is 0.500. The maximum absolute atomic E-state index is 5.84. The topological polar surface area (TPSA) is 35.2 Å². The molecule has 76 valence electrons. The van der Waals surface area contributed by atoms with Crippen molar-refractivity contribution in [3.05, 3.63) is 23.3 Å². The highest BCUT2D eigenvalue weighted by atomic mass is 16.5. The molecule has 14 heavy (non-hydrogen) atoms. The van der Waals surface area contributed by atoms with E-state index in [1.54, 1.807) is 7.11 Å². The number of nitrogens with two attached hydrogens (primary N) is 1. The molecule has 0 aromatic heterocycles. The molecule has 1 aliphatic rings. The second kappa shape index (κ2) is 3.52. The zero-order valence-electron chi connectivity index (χ0n) is 8.84. The average Bonchev–Trinajstić information content (AvgIpc) is 2.06. The van der Waals surface area contributed by atoms with E-state index >= 15 is 0 Å². The first-order valence-electron chi connectivity index (χ1n) is 5.16. The Kier molecular flexibility index (Phi) is 2.36. The van der Waals surface area contributed by atoms with Crippen LogP contribution in [0.5, 0.6) is 5.75 Å². The molecule has 1 aliphatic carbocycles. The second-order valence-corrected chi connectivity index (χ2v) is 4.08. The van der Waals surface area contributed by atoms with Crippen molar-refractivity contribution in [3.8, 4) is 5.75 Å². The third kappa shape index (κ3) is 1.45. The van der Waals surface area contributed by atoms with Crippen molar-refractivity contribution in [3.63, 3.8) is 0 Å². The summed E-state index contributed by atoms with van der Waals surface area (Å²) in [4.78, 5) is 0. The number of benzene rings is 1. The maximum atomic E-state index is 5.84. The summed E-state index contributed by atoms with van der Waals surface area (Å²) in [5.74, 6) is 1.56. The highest BCUT2D eigenvalue weighted by Gasteiger charge is 2.22. The van der Waals surface area contributed by atoms with Crippen LogP contribution in [-0.2, 0) is 0 Å². The van der Waals surface area contributed by atoms with Gasteiger partial charge in [-0.2, -0.15) is 0 Å². The molecule has 0 radical (unpaired) electrons. The fourth-order valence-electron chi connectivity index (χ4n) is 2.06. The number of aryl methyl sites for hydroxylation is 1. The molecule has 2 rings (SSSR count). The summed E-state index contributed by atoms with van der Waals surface area (Å²) in [6, 6.07) is 4.13. The maximum Gasteiger partial charge on any atom is 0.142 e. The van der Waals surface area contributed by atoms with Gasteiger partial charge in [-0.25, -0.2) is 0 Å². The van der Waals surface area contributed by atoms with E-state index in [0.717, 1.165) is 17.4 Å². The summed E-state index contributed by atoms with van der Waals surface area (Å²) in [5, 5.41) is 0. The smallest absolute Gasteiger partial charge is 0.142 e. The lowest BCUT2D eigenvalue weighted by Crippen LogP contribution is -2.11. The molecule has 1 saturated carbocycles. The first kappa shape index (κ1) is 9.38. The van der Waals surface area contributed by atoms with Crippen LogP contribution in [0.2, 0.25) is 0 Å². The molecular weight excluding hydrogens is 174 g/mol. The van der Waals surface area contributed by atoms with Gasteiger partial charge in [-0.3, -0.25) is 0 Å². The molecule has 0 aliphatic heterocycles. The van der Waals surface area contributed by atoms with Crippen molar-refractivity contribution >= 4 is 5.69 Å². The Morgan fingerprint density at radius 2 is 2.07 bits per heavy atom. The van der Waals surface area contributed by atoms with Crippen molar-refractivity contribution in [2.24, 2.45) is 0 Å². The minimum Gasteiger partial charge on any atom is -0.495 e. The van der Waals surface area contributed by atoms with Crippen LogP contribution in [-0.4, -0.2) is 7.11 Å². The second-order valence-electron chi connectivity index (χ2n) is 4.08. The molecule has 0 spiro atoms. The summed E-state index contributed by atoms with van der Waals surface area (Å²) in [6.45, 7) is 2.13. The molecule has 2 N–H and O–H groups in total. The molecule has 0 saturated heterocycles. The van der Waals surface area contributed by atoms with Crippen molar-refractivity contribution in [2.75, 3.05) is 12.8 Å². The SMILES string of the molecule is COc1cc(C2CCC2)c(C)cc1N. The van der Waals surface area contributed by atoms with Gasteiger partial charge in [0.2, 0.25) is 0 Å². The molecule has 1 aromatic carbocycles. The minimum atomic E-state index is 0.740. The van der Waals surface area contributed by atoms with Crippen LogP contribution in [0.3, 0.4) is 0 Å². The largest absolute Gasteiger partial charge is 0.495 e. The third-order valence-corrected chi connectivity index (χ3v) is 3.16. The Bertz CT molecular complexity index is 342. The fourth-order valence-corrected chi connectivity index (χ4v) is 2.06. The number of hydrogen-bond donors (Lipinski definition) is 1. The van der Waals surface area contributed by atoms with E-state index in [9.17, 15) is 0 Å². The van der Waals surface area contributed by atoms with Gasteiger partial charge in [0.15, 0.2) is 0 Å². The third-order valence-electron chi connectivity index (χ3n) is 3.16. The van der Waals surface area contributed by atoms with Gasteiger partial charge in [0, 0.05) is 0 Å². The molecule has 1 fully saturated rings. The Labute approximate surface area is 85.1 Å². The summed E-state index contributed by atoms with van der Waals surface area (Å²) in [7, 11) is 1.67. The van der Waals surface area contributed by atoms with Gasteiger partial charge in [-0.05, 0) is 48.9 Å². The number of nitrogen functional groups attached to an aromatic ring is 1. The molecular formula is C12H17NO. The Morgan fingerprint density at radius 1 is 1.36 bits per heavy atom. The lowest BCUT2D eigenvalue weighted by Gasteiger charge is -2.28. The number of rotatable bonds is 2. The summed E-state index contributed by atoms with van der Waals surface area (Å²) < 4.78 is 5.23. The van der Waals surface area contributed by atoms with Crippen LogP contribution in [0.25, 0.3) is 0 Å². The van der Waals surface area contributed by atoms with Gasteiger partial charge in [0.25, 0.3) is 0 Å². The van der Waals surface area contributed by atoms with E-state index < -0.39 is 0 Å². The Balaban J connectivity index is 2.38. The molecule has 2 nitrogen and oxygen atoms in total. The summed E-state index contributed by atoms with van der Waals surface area (Å²) >= 11 is 0. The average molecular weight is 191 g/mol. The molecule has 0 amide bonds. The molecule has 1 aromatic rings.